The van der Waals surface area contributed by atoms with Gasteiger partial charge < -0.3 is 9.80 Å². The van der Waals surface area contributed by atoms with Crippen molar-refractivity contribution in [3.8, 4) is 0 Å². The Hall–Kier alpha value is -3.04. The van der Waals surface area contributed by atoms with Crippen molar-refractivity contribution in [1.82, 2.24) is 24.9 Å². The van der Waals surface area contributed by atoms with Crippen LogP contribution in [-0.4, -0.2) is 51.1 Å². The van der Waals surface area contributed by atoms with Crippen molar-refractivity contribution in [1.29, 1.82) is 0 Å². The quantitative estimate of drug-likeness (QED) is 0.667. The standard InChI is InChI=1S/C18H18F3N7/c1-11-3-4-13-15(24-11)16(23-10-22-13)27-5-7-28(8-6-27)17-25-12(2)9-14(26-17)18(19,20)21/h3-4,9-10H,5-8H2,1-2H3. The van der Waals surface area contributed by atoms with Crippen LogP contribution in [0, 0.1) is 13.8 Å². The summed E-state index contributed by atoms with van der Waals surface area (Å²) in [6.07, 6.45) is -2.99. The highest BCUT2D eigenvalue weighted by molar-refractivity contribution is 5.85. The Morgan fingerprint density at radius 3 is 2.29 bits per heavy atom. The van der Waals surface area contributed by atoms with E-state index in [2.05, 4.69) is 29.8 Å². The van der Waals surface area contributed by atoms with Gasteiger partial charge in [-0.15, -0.1) is 0 Å². The average molecular weight is 389 g/mol. The Labute approximate surface area is 159 Å². The van der Waals surface area contributed by atoms with E-state index in [-0.39, 0.29) is 5.95 Å². The molecule has 3 aromatic rings. The fourth-order valence-electron chi connectivity index (χ4n) is 3.21. The van der Waals surface area contributed by atoms with E-state index in [9.17, 15) is 13.2 Å². The number of aromatic nitrogens is 5. The van der Waals surface area contributed by atoms with E-state index in [0.29, 0.717) is 31.9 Å². The molecule has 0 unspecified atom stereocenters. The first-order valence-electron chi connectivity index (χ1n) is 8.82. The second-order valence-corrected chi connectivity index (χ2v) is 6.68. The van der Waals surface area contributed by atoms with E-state index in [4.69, 9.17) is 0 Å². The molecule has 4 rings (SSSR count). The minimum atomic E-state index is -4.49. The lowest BCUT2D eigenvalue weighted by Gasteiger charge is -2.35. The van der Waals surface area contributed by atoms with Gasteiger partial charge in [-0.05, 0) is 32.0 Å². The molecule has 4 heterocycles. The number of rotatable bonds is 2. The second-order valence-electron chi connectivity index (χ2n) is 6.68. The Bertz CT molecular complexity index is 1010. The molecular formula is C18H18F3N7. The highest BCUT2D eigenvalue weighted by atomic mass is 19.4. The van der Waals surface area contributed by atoms with Crippen molar-refractivity contribution in [2.24, 2.45) is 0 Å². The molecule has 146 valence electrons. The summed E-state index contributed by atoms with van der Waals surface area (Å²) in [5, 5.41) is 0. The summed E-state index contributed by atoms with van der Waals surface area (Å²) >= 11 is 0. The van der Waals surface area contributed by atoms with Crippen molar-refractivity contribution >= 4 is 22.8 Å². The first kappa shape index (κ1) is 18.3. The molecule has 0 aliphatic carbocycles. The first-order chi connectivity index (χ1) is 13.3. The number of nitrogens with zero attached hydrogens (tertiary/aromatic N) is 7. The summed E-state index contributed by atoms with van der Waals surface area (Å²) in [6, 6.07) is 4.75. The average Bonchev–Trinajstić information content (AvgIpc) is 2.66. The van der Waals surface area contributed by atoms with Crippen LogP contribution < -0.4 is 9.80 Å². The van der Waals surface area contributed by atoms with Crippen molar-refractivity contribution < 1.29 is 13.2 Å². The molecule has 1 aliphatic rings. The first-order valence-corrected chi connectivity index (χ1v) is 8.82. The number of alkyl halides is 3. The van der Waals surface area contributed by atoms with Crippen LogP contribution in [-0.2, 0) is 6.18 Å². The molecule has 0 aromatic carbocycles. The van der Waals surface area contributed by atoms with E-state index in [1.54, 1.807) is 4.90 Å². The molecule has 3 aromatic heterocycles. The van der Waals surface area contributed by atoms with Gasteiger partial charge in [-0.25, -0.2) is 24.9 Å². The van der Waals surface area contributed by atoms with Gasteiger partial charge in [-0.2, -0.15) is 13.2 Å². The Balaban J connectivity index is 1.56. The summed E-state index contributed by atoms with van der Waals surface area (Å²) in [5.74, 6) is 0.836. The molecule has 0 bridgehead atoms. The van der Waals surface area contributed by atoms with Gasteiger partial charge in [-0.3, -0.25) is 0 Å². The Morgan fingerprint density at radius 2 is 1.57 bits per heavy atom. The van der Waals surface area contributed by atoms with Gasteiger partial charge in [0, 0.05) is 37.6 Å². The van der Waals surface area contributed by atoms with Crippen LogP contribution in [0.25, 0.3) is 11.0 Å². The van der Waals surface area contributed by atoms with Gasteiger partial charge in [0.05, 0.1) is 5.52 Å². The highest BCUT2D eigenvalue weighted by Crippen LogP contribution is 2.29. The molecule has 0 N–H and O–H groups in total. The van der Waals surface area contributed by atoms with E-state index in [1.165, 1.54) is 13.3 Å². The Morgan fingerprint density at radius 1 is 0.857 bits per heavy atom. The molecule has 10 heteroatoms. The number of hydrogen-bond acceptors (Lipinski definition) is 7. The van der Waals surface area contributed by atoms with E-state index < -0.39 is 11.9 Å². The third-order valence-electron chi connectivity index (χ3n) is 4.60. The number of piperazine rings is 1. The predicted molar refractivity (Wildman–Crippen MR) is 98.3 cm³/mol. The normalized spacial score (nSPS) is 15.3. The minimum absolute atomic E-state index is 0.105. The molecule has 0 saturated carbocycles. The summed E-state index contributed by atoms with van der Waals surface area (Å²) < 4.78 is 39.1. The van der Waals surface area contributed by atoms with Crippen molar-refractivity contribution in [2.75, 3.05) is 36.0 Å². The van der Waals surface area contributed by atoms with Crippen LogP contribution in [0.3, 0.4) is 0 Å². The molecule has 1 aliphatic heterocycles. The van der Waals surface area contributed by atoms with Crippen LogP contribution in [0.1, 0.15) is 17.1 Å². The molecule has 0 atom stereocenters. The van der Waals surface area contributed by atoms with Gasteiger partial charge in [0.2, 0.25) is 5.95 Å². The lowest BCUT2D eigenvalue weighted by molar-refractivity contribution is -0.141. The van der Waals surface area contributed by atoms with Crippen molar-refractivity contribution in [3.63, 3.8) is 0 Å². The van der Waals surface area contributed by atoms with Crippen molar-refractivity contribution in [3.05, 3.63) is 41.6 Å². The maximum atomic E-state index is 13.0. The largest absolute Gasteiger partial charge is 0.433 e. The summed E-state index contributed by atoms with van der Waals surface area (Å²) in [6.45, 7) is 5.55. The minimum Gasteiger partial charge on any atom is -0.351 e. The molecule has 0 radical (unpaired) electrons. The summed E-state index contributed by atoms with van der Waals surface area (Å²) in [7, 11) is 0. The molecule has 0 amide bonds. The van der Waals surface area contributed by atoms with Gasteiger partial charge in [-0.1, -0.05) is 0 Å². The van der Waals surface area contributed by atoms with E-state index in [0.717, 1.165) is 28.6 Å². The van der Waals surface area contributed by atoms with Gasteiger partial charge in [0.15, 0.2) is 5.82 Å². The second kappa shape index (κ2) is 6.84. The lowest BCUT2D eigenvalue weighted by Crippen LogP contribution is -2.47. The molecule has 0 spiro atoms. The number of aryl methyl sites for hydroxylation is 2. The van der Waals surface area contributed by atoms with Crippen LogP contribution >= 0.6 is 0 Å². The van der Waals surface area contributed by atoms with Gasteiger partial charge in [0.25, 0.3) is 0 Å². The summed E-state index contributed by atoms with van der Waals surface area (Å²) in [5.41, 5.74) is 1.73. The molecule has 1 fully saturated rings. The zero-order chi connectivity index (χ0) is 19.9. The molecule has 7 nitrogen and oxygen atoms in total. The fourth-order valence-corrected chi connectivity index (χ4v) is 3.21. The zero-order valence-electron chi connectivity index (χ0n) is 15.4. The van der Waals surface area contributed by atoms with Gasteiger partial charge >= 0.3 is 6.18 Å². The topological polar surface area (TPSA) is 70.9 Å². The third-order valence-corrected chi connectivity index (χ3v) is 4.60. The molecule has 28 heavy (non-hydrogen) atoms. The number of hydrogen-bond donors (Lipinski definition) is 0. The monoisotopic (exact) mass is 389 g/mol. The number of fused-ring (bicyclic) bond motifs is 1. The van der Waals surface area contributed by atoms with Crippen LogP contribution in [0.2, 0.25) is 0 Å². The number of halogens is 3. The Kier molecular flexibility index (Phi) is 4.48. The van der Waals surface area contributed by atoms with Crippen molar-refractivity contribution in [2.45, 2.75) is 20.0 Å². The van der Waals surface area contributed by atoms with Crippen LogP contribution in [0.5, 0.6) is 0 Å². The maximum Gasteiger partial charge on any atom is 0.433 e. The number of anilines is 2. The van der Waals surface area contributed by atoms with Crippen LogP contribution in [0.15, 0.2) is 24.5 Å². The zero-order valence-corrected chi connectivity index (χ0v) is 15.4. The summed E-state index contributed by atoms with van der Waals surface area (Å²) in [4.78, 5) is 24.9. The fraction of sp³-hybridized carbons (Fsp3) is 0.389. The SMILES string of the molecule is Cc1cc(C(F)(F)F)nc(N2CCN(c3ncnc4ccc(C)nc34)CC2)n1. The smallest absolute Gasteiger partial charge is 0.351 e. The predicted octanol–water partition coefficient (Wildman–Crippen LogP) is 2.78. The molecular weight excluding hydrogens is 371 g/mol. The lowest BCUT2D eigenvalue weighted by atomic mass is 10.2. The van der Waals surface area contributed by atoms with E-state index in [1.807, 2.05) is 19.1 Å². The van der Waals surface area contributed by atoms with Gasteiger partial charge in [0.1, 0.15) is 17.5 Å². The third kappa shape index (κ3) is 3.54. The van der Waals surface area contributed by atoms with Crippen LogP contribution in [0.4, 0.5) is 24.9 Å². The van der Waals surface area contributed by atoms with E-state index >= 15 is 0 Å². The maximum absolute atomic E-state index is 13.0. The molecule has 1 saturated heterocycles. The highest BCUT2D eigenvalue weighted by Gasteiger charge is 2.34. The number of pyridine rings is 1.